The van der Waals surface area contributed by atoms with Crippen molar-refractivity contribution in [3.05, 3.63) is 24.2 Å². The second kappa shape index (κ2) is 7.36. The van der Waals surface area contributed by atoms with Gasteiger partial charge in [-0.05, 0) is 36.3 Å². The van der Waals surface area contributed by atoms with E-state index in [1.807, 2.05) is 6.07 Å². The van der Waals surface area contributed by atoms with Crippen LogP contribution in [0.1, 0.15) is 18.4 Å². The Kier molecular flexibility index (Phi) is 5.45. The molecule has 2 rings (SSSR count). The van der Waals surface area contributed by atoms with E-state index >= 15 is 0 Å². The van der Waals surface area contributed by atoms with Gasteiger partial charge in [-0.3, -0.25) is 4.99 Å². The zero-order valence-corrected chi connectivity index (χ0v) is 11.6. The number of nitrogens with zero attached hydrogens (tertiary/aromatic N) is 1. The second-order valence-electron chi connectivity index (χ2n) is 4.49. The summed E-state index contributed by atoms with van der Waals surface area (Å²) in [6.07, 6.45) is 6.07. The topological polar surface area (TPSA) is 49.6 Å². The molecule has 4 nitrogen and oxygen atoms in total. The molecule has 0 spiro atoms. The summed E-state index contributed by atoms with van der Waals surface area (Å²) in [5.74, 6) is 4.26. The Hall–Kier alpha value is -1.10. The molecule has 0 radical (unpaired) electrons. The zero-order chi connectivity index (χ0) is 12.6. The van der Waals surface area contributed by atoms with Crippen molar-refractivity contribution in [3.8, 4) is 0 Å². The summed E-state index contributed by atoms with van der Waals surface area (Å²) in [7, 11) is 1.81. The minimum Gasteiger partial charge on any atom is -0.472 e. The van der Waals surface area contributed by atoms with Crippen molar-refractivity contribution < 1.29 is 4.42 Å². The summed E-state index contributed by atoms with van der Waals surface area (Å²) in [6, 6.07) is 1.96. The highest BCUT2D eigenvalue weighted by molar-refractivity contribution is 7.99. The summed E-state index contributed by atoms with van der Waals surface area (Å²) >= 11 is 2.06. The molecule has 100 valence electrons. The van der Waals surface area contributed by atoms with Gasteiger partial charge in [0.15, 0.2) is 5.96 Å². The number of furan rings is 1. The maximum atomic E-state index is 5.03. The Labute approximate surface area is 113 Å². The van der Waals surface area contributed by atoms with Gasteiger partial charge in [-0.2, -0.15) is 11.8 Å². The first-order valence-electron chi connectivity index (χ1n) is 6.42. The molecule has 2 N–H and O–H groups in total. The average molecular weight is 267 g/mol. The molecule has 1 aliphatic rings. The van der Waals surface area contributed by atoms with Crippen molar-refractivity contribution in [2.75, 3.05) is 25.1 Å². The van der Waals surface area contributed by atoms with Crippen molar-refractivity contribution in [3.63, 3.8) is 0 Å². The quantitative estimate of drug-likeness (QED) is 0.648. The van der Waals surface area contributed by atoms with Gasteiger partial charge < -0.3 is 15.1 Å². The fourth-order valence-corrected chi connectivity index (χ4v) is 3.20. The minimum absolute atomic E-state index is 0.747. The van der Waals surface area contributed by atoms with Gasteiger partial charge in [0, 0.05) is 25.7 Å². The largest absolute Gasteiger partial charge is 0.472 e. The SMILES string of the molecule is CN=C(NCc1ccoc1)NCC1CCSCC1. The summed E-state index contributed by atoms with van der Waals surface area (Å²) < 4.78 is 5.03. The summed E-state index contributed by atoms with van der Waals surface area (Å²) in [5.41, 5.74) is 1.13. The van der Waals surface area contributed by atoms with E-state index < -0.39 is 0 Å². The van der Waals surface area contributed by atoms with Gasteiger partial charge in [0.25, 0.3) is 0 Å². The molecule has 1 saturated heterocycles. The van der Waals surface area contributed by atoms with Crippen molar-refractivity contribution in [1.82, 2.24) is 10.6 Å². The first-order chi connectivity index (χ1) is 8.88. The van der Waals surface area contributed by atoms with E-state index in [2.05, 4.69) is 27.4 Å². The van der Waals surface area contributed by atoms with Crippen LogP contribution in [0.5, 0.6) is 0 Å². The monoisotopic (exact) mass is 267 g/mol. The van der Waals surface area contributed by atoms with Crippen molar-refractivity contribution in [2.45, 2.75) is 19.4 Å². The van der Waals surface area contributed by atoms with Crippen molar-refractivity contribution >= 4 is 17.7 Å². The predicted octanol–water partition coefficient (Wildman–Crippen LogP) is 2.09. The van der Waals surface area contributed by atoms with Gasteiger partial charge in [-0.15, -0.1) is 0 Å². The lowest BCUT2D eigenvalue weighted by Crippen LogP contribution is -2.39. The van der Waals surface area contributed by atoms with Gasteiger partial charge in [0.05, 0.1) is 12.5 Å². The first kappa shape index (κ1) is 13.3. The van der Waals surface area contributed by atoms with Gasteiger partial charge in [0.2, 0.25) is 0 Å². The Morgan fingerprint density at radius 2 is 2.28 bits per heavy atom. The van der Waals surface area contributed by atoms with Crippen molar-refractivity contribution in [1.29, 1.82) is 0 Å². The molecule has 18 heavy (non-hydrogen) atoms. The maximum absolute atomic E-state index is 5.03. The normalized spacial score (nSPS) is 17.7. The molecular formula is C13H21N3OS. The zero-order valence-electron chi connectivity index (χ0n) is 10.8. The second-order valence-corrected chi connectivity index (χ2v) is 5.72. The number of rotatable bonds is 4. The summed E-state index contributed by atoms with van der Waals surface area (Å²) in [4.78, 5) is 4.23. The van der Waals surface area contributed by atoms with E-state index in [1.165, 1.54) is 24.3 Å². The predicted molar refractivity (Wildman–Crippen MR) is 77.0 cm³/mol. The Bertz CT molecular complexity index is 358. The van der Waals surface area contributed by atoms with Crippen LogP contribution in [0.15, 0.2) is 28.0 Å². The minimum atomic E-state index is 0.747. The van der Waals surface area contributed by atoms with E-state index in [-0.39, 0.29) is 0 Å². The molecule has 0 atom stereocenters. The lowest BCUT2D eigenvalue weighted by Gasteiger charge is -2.22. The molecule has 0 unspecified atom stereocenters. The van der Waals surface area contributed by atoms with Gasteiger partial charge in [-0.1, -0.05) is 0 Å². The standard InChI is InChI=1S/C13H21N3OS/c1-14-13(16-9-12-2-5-17-10-12)15-8-11-3-6-18-7-4-11/h2,5,10-11H,3-4,6-9H2,1H3,(H2,14,15,16). The molecule has 2 heterocycles. The molecular weight excluding hydrogens is 246 g/mol. The van der Waals surface area contributed by atoms with Crippen LogP contribution in [0.2, 0.25) is 0 Å². The number of aliphatic imine (C=N–C) groups is 1. The average Bonchev–Trinajstić information content (AvgIpc) is 2.93. The van der Waals surface area contributed by atoms with Crippen LogP contribution in [0.3, 0.4) is 0 Å². The highest BCUT2D eigenvalue weighted by Gasteiger charge is 2.13. The smallest absolute Gasteiger partial charge is 0.191 e. The molecule has 0 amide bonds. The number of guanidine groups is 1. The van der Waals surface area contributed by atoms with E-state index in [0.717, 1.165) is 30.5 Å². The van der Waals surface area contributed by atoms with Crippen LogP contribution < -0.4 is 10.6 Å². The highest BCUT2D eigenvalue weighted by atomic mass is 32.2. The van der Waals surface area contributed by atoms with Crippen LogP contribution in [0.25, 0.3) is 0 Å². The van der Waals surface area contributed by atoms with E-state index in [9.17, 15) is 0 Å². The number of hydrogen-bond acceptors (Lipinski definition) is 3. The molecule has 0 saturated carbocycles. The fraction of sp³-hybridized carbons (Fsp3) is 0.615. The molecule has 1 aromatic rings. The number of thioether (sulfide) groups is 1. The lowest BCUT2D eigenvalue weighted by molar-refractivity contribution is 0.479. The van der Waals surface area contributed by atoms with Gasteiger partial charge in [-0.25, -0.2) is 0 Å². The number of hydrogen-bond donors (Lipinski definition) is 2. The Morgan fingerprint density at radius 3 is 2.94 bits per heavy atom. The van der Waals surface area contributed by atoms with Crippen LogP contribution in [0.4, 0.5) is 0 Å². The van der Waals surface area contributed by atoms with E-state index in [0.29, 0.717) is 0 Å². The first-order valence-corrected chi connectivity index (χ1v) is 7.57. The molecule has 0 aliphatic carbocycles. The van der Waals surface area contributed by atoms with Gasteiger partial charge in [0.1, 0.15) is 0 Å². The molecule has 0 aromatic carbocycles. The van der Waals surface area contributed by atoms with Gasteiger partial charge >= 0.3 is 0 Å². The highest BCUT2D eigenvalue weighted by Crippen LogP contribution is 2.21. The van der Waals surface area contributed by atoms with Crippen LogP contribution in [0, 0.1) is 5.92 Å². The van der Waals surface area contributed by atoms with E-state index in [4.69, 9.17) is 4.42 Å². The molecule has 1 aliphatic heterocycles. The van der Waals surface area contributed by atoms with Crippen molar-refractivity contribution in [2.24, 2.45) is 10.9 Å². The Morgan fingerprint density at radius 1 is 1.44 bits per heavy atom. The molecule has 1 aromatic heterocycles. The van der Waals surface area contributed by atoms with E-state index in [1.54, 1.807) is 19.6 Å². The summed E-state index contributed by atoms with van der Waals surface area (Å²) in [6.45, 7) is 1.77. The summed E-state index contributed by atoms with van der Waals surface area (Å²) in [5, 5.41) is 6.69. The fourth-order valence-electron chi connectivity index (χ4n) is 1.99. The maximum Gasteiger partial charge on any atom is 0.191 e. The molecule has 0 bridgehead atoms. The molecule has 1 fully saturated rings. The number of nitrogens with one attached hydrogen (secondary N) is 2. The Balaban J connectivity index is 1.68. The molecule has 5 heteroatoms. The third kappa shape index (κ3) is 4.29. The van der Waals surface area contributed by atoms with Crippen LogP contribution in [-0.2, 0) is 6.54 Å². The van der Waals surface area contributed by atoms with Crippen LogP contribution in [-0.4, -0.2) is 31.1 Å². The van der Waals surface area contributed by atoms with Crippen LogP contribution >= 0.6 is 11.8 Å². The third-order valence-electron chi connectivity index (χ3n) is 3.16. The third-order valence-corrected chi connectivity index (χ3v) is 4.21. The lowest BCUT2D eigenvalue weighted by atomic mass is 10.0.